The van der Waals surface area contributed by atoms with Crippen LogP contribution in [0.4, 0.5) is 11.4 Å². The average Bonchev–Trinajstić information content (AvgIpc) is 3.09. The van der Waals surface area contributed by atoms with Gasteiger partial charge in [-0.25, -0.2) is 0 Å². The Morgan fingerprint density at radius 1 is 0.875 bits per heavy atom. The number of hydrogen-bond donors (Lipinski definition) is 1. The number of anilines is 2. The molecule has 1 aliphatic carbocycles. The predicted molar refractivity (Wildman–Crippen MR) is 165 cm³/mol. The van der Waals surface area contributed by atoms with Crippen molar-refractivity contribution in [2.45, 2.75) is 31.7 Å². The fourth-order valence-corrected chi connectivity index (χ4v) is 6.36. The number of benzene rings is 4. The molecule has 0 spiro atoms. The highest BCUT2D eigenvalue weighted by Gasteiger charge is 2.42. The zero-order valence-corrected chi connectivity index (χ0v) is 24.7. The summed E-state index contributed by atoms with van der Waals surface area (Å²) < 4.78 is 0.861. The number of amides is 1. The molecule has 0 fully saturated rings. The zero-order valence-electron chi connectivity index (χ0n) is 21.6. The molecule has 4 aromatic carbocycles. The Morgan fingerprint density at radius 3 is 2.40 bits per heavy atom. The van der Waals surface area contributed by atoms with Crippen molar-refractivity contribution in [3.05, 3.63) is 139 Å². The van der Waals surface area contributed by atoms with Crippen LogP contribution in [0.25, 0.3) is 0 Å². The number of carbonyl (C=O) groups is 2. The molecule has 7 heteroatoms. The third-order valence-corrected chi connectivity index (χ3v) is 8.82. The second-order valence-corrected chi connectivity index (χ2v) is 12.0. The summed E-state index contributed by atoms with van der Waals surface area (Å²) in [6.07, 6.45) is 1.01. The molecule has 6 rings (SSSR count). The van der Waals surface area contributed by atoms with Crippen molar-refractivity contribution >= 4 is 62.2 Å². The minimum Gasteiger partial charge on any atom is -0.357 e. The van der Waals surface area contributed by atoms with Crippen LogP contribution in [0.3, 0.4) is 0 Å². The van der Waals surface area contributed by atoms with Crippen molar-refractivity contribution in [2.24, 2.45) is 0 Å². The van der Waals surface area contributed by atoms with Crippen LogP contribution in [0, 0.1) is 6.92 Å². The zero-order chi connectivity index (χ0) is 28.0. The van der Waals surface area contributed by atoms with Crippen molar-refractivity contribution in [1.29, 1.82) is 0 Å². The van der Waals surface area contributed by atoms with Crippen molar-refractivity contribution < 1.29 is 9.59 Å². The normalized spacial score (nSPS) is 18.5. The number of nitrogens with one attached hydrogen (secondary N) is 1. The van der Waals surface area contributed by atoms with Gasteiger partial charge in [0.15, 0.2) is 5.78 Å². The molecule has 1 heterocycles. The van der Waals surface area contributed by atoms with Crippen molar-refractivity contribution in [3.63, 3.8) is 0 Å². The Kier molecular flexibility index (Phi) is 7.30. The van der Waals surface area contributed by atoms with E-state index in [2.05, 4.69) is 52.4 Å². The predicted octanol–water partition coefficient (Wildman–Crippen LogP) is 9.28. The highest BCUT2D eigenvalue weighted by molar-refractivity contribution is 9.10. The molecular weight excluding hydrogens is 607 g/mol. The van der Waals surface area contributed by atoms with Gasteiger partial charge in [0, 0.05) is 27.7 Å². The van der Waals surface area contributed by atoms with E-state index in [0.29, 0.717) is 39.7 Å². The number of carbonyl (C=O) groups excluding carboxylic acids is 2. The summed E-state index contributed by atoms with van der Waals surface area (Å²) in [7, 11) is 0. The Bertz CT molecular complexity index is 1680. The number of hydrogen-bond acceptors (Lipinski definition) is 3. The average molecular weight is 632 g/mol. The van der Waals surface area contributed by atoms with Gasteiger partial charge in [0.25, 0.3) is 5.91 Å². The van der Waals surface area contributed by atoms with Crippen LogP contribution in [0.5, 0.6) is 0 Å². The molecule has 0 aromatic heterocycles. The van der Waals surface area contributed by atoms with Gasteiger partial charge >= 0.3 is 0 Å². The first kappa shape index (κ1) is 26.8. The van der Waals surface area contributed by atoms with Gasteiger partial charge in [0.2, 0.25) is 0 Å². The highest BCUT2D eigenvalue weighted by Crippen LogP contribution is 2.48. The maximum atomic E-state index is 14.4. The number of rotatable bonds is 3. The number of halogens is 3. The van der Waals surface area contributed by atoms with Crippen LogP contribution >= 0.6 is 39.1 Å². The number of aryl methyl sites for hydroxylation is 1. The van der Waals surface area contributed by atoms with Crippen LogP contribution in [-0.2, 0) is 4.79 Å². The number of allylic oxidation sites excluding steroid dienone is 1. The molecule has 0 unspecified atom stereocenters. The second kappa shape index (κ2) is 10.9. The van der Waals surface area contributed by atoms with E-state index >= 15 is 0 Å². The van der Waals surface area contributed by atoms with Crippen LogP contribution in [0.15, 0.2) is 107 Å². The van der Waals surface area contributed by atoms with Gasteiger partial charge in [-0.05, 0) is 72.9 Å². The highest BCUT2D eigenvalue weighted by atomic mass is 79.9. The van der Waals surface area contributed by atoms with Crippen molar-refractivity contribution in [1.82, 2.24) is 0 Å². The minimum absolute atomic E-state index is 0.0176. The van der Waals surface area contributed by atoms with Crippen LogP contribution in [0.1, 0.15) is 51.8 Å². The molecule has 4 nitrogen and oxygen atoms in total. The molecular formula is C33H25BrCl2N2O2. The molecule has 0 bridgehead atoms. The van der Waals surface area contributed by atoms with E-state index < -0.39 is 6.04 Å². The van der Waals surface area contributed by atoms with E-state index in [9.17, 15) is 9.59 Å². The molecule has 0 radical (unpaired) electrons. The maximum absolute atomic E-state index is 14.4. The van der Waals surface area contributed by atoms with Gasteiger partial charge in [0.1, 0.15) is 0 Å². The Hall–Kier alpha value is -3.38. The van der Waals surface area contributed by atoms with Crippen molar-refractivity contribution in [2.75, 3.05) is 10.2 Å². The standard InChI is InChI=1S/C33H25BrCl2N2O2/c1-19-9-11-20(12-10-19)23-17-28-31(30(39)18-23)32(21-5-4-6-24(34)15-21)38(29-8-3-2-7-27(29)37-28)33(40)22-13-14-25(35)26(36)16-22/h2-16,23,32,37H,17-18H2,1H3/t23-,32-/m0/s1. The summed E-state index contributed by atoms with van der Waals surface area (Å²) in [5.74, 6) is -0.226. The SMILES string of the molecule is Cc1ccc([C@@H]2CC(=O)C3=C(C2)Nc2ccccc2N(C(=O)c2ccc(Cl)c(Cl)c2)[C@H]3c2cccc(Br)c2)cc1. The molecule has 200 valence electrons. The first-order valence-electron chi connectivity index (χ1n) is 13.0. The van der Waals surface area contributed by atoms with Crippen LogP contribution in [-0.4, -0.2) is 11.7 Å². The Balaban J connectivity index is 1.56. The Morgan fingerprint density at radius 2 is 1.65 bits per heavy atom. The first-order valence-corrected chi connectivity index (χ1v) is 14.6. The van der Waals surface area contributed by atoms with E-state index in [1.54, 1.807) is 23.1 Å². The summed E-state index contributed by atoms with van der Waals surface area (Å²) in [5.41, 5.74) is 6.40. The molecule has 0 saturated heterocycles. The lowest BCUT2D eigenvalue weighted by Gasteiger charge is -2.35. The summed E-state index contributed by atoms with van der Waals surface area (Å²) in [6, 6.07) is 28.1. The van der Waals surface area contributed by atoms with E-state index in [1.807, 2.05) is 48.5 Å². The fraction of sp³-hybridized carbons (Fsp3) is 0.152. The largest absolute Gasteiger partial charge is 0.357 e. The fourth-order valence-electron chi connectivity index (χ4n) is 5.65. The molecule has 2 atom stereocenters. The van der Waals surface area contributed by atoms with E-state index in [4.69, 9.17) is 23.2 Å². The van der Waals surface area contributed by atoms with E-state index in [1.165, 1.54) is 5.56 Å². The smallest absolute Gasteiger partial charge is 0.259 e. The van der Waals surface area contributed by atoms with Gasteiger partial charge in [-0.3, -0.25) is 14.5 Å². The summed E-state index contributed by atoms with van der Waals surface area (Å²) in [6.45, 7) is 2.06. The van der Waals surface area contributed by atoms with E-state index in [0.717, 1.165) is 27.0 Å². The first-order chi connectivity index (χ1) is 19.3. The second-order valence-electron chi connectivity index (χ2n) is 10.2. The molecule has 1 N–H and O–H groups in total. The molecule has 1 amide bonds. The summed E-state index contributed by atoms with van der Waals surface area (Å²) in [4.78, 5) is 30.3. The molecule has 2 aliphatic rings. The lowest BCUT2D eigenvalue weighted by Crippen LogP contribution is -2.38. The van der Waals surface area contributed by atoms with Crippen LogP contribution in [0.2, 0.25) is 10.0 Å². The third kappa shape index (κ3) is 4.98. The lowest BCUT2D eigenvalue weighted by molar-refractivity contribution is -0.116. The lowest BCUT2D eigenvalue weighted by atomic mass is 9.78. The van der Waals surface area contributed by atoms with Crippen molar-refractivity contribution in [3.8, 4) is 0 Å². The number of fused-ring (bicyclic) bond motifs is 1. The maximum Gasteiger partial charge on any atom is 0.259 e. The molecule has 4 aromatic rings. The number of ketones is 1. The quantitative estimate of drug-likeness (QED) is 0.245. The summed E-state index contributed by atoms with van der Waals surface area (Å²) >= 11 is 16.1. The number of Topliss-reactive ketones (excluding diaryl/α,β-unsaturated/α-hetero) is 1. The monoisotopic (exact) mass is 630 g/mol. The molecule has 1 aliphatic heterocycles. The minimum atomic E-state index is -0.655. The van der Waals surface area contributed by atoms with Gasteiger partial charge in [-0.2, -0.15) is 0 Å². The van der Waals surface area contributed by atoms with Gasteiger partial charge in [-0.15, -0.1) is 0 Å². The van der Waals surface area contributed by atoms with Crippen LogP contribution < -0.4 is 10.2 Å². The topological polar surface area (TPSA) is 49.4 Å². The van der Waals surface area contributed by atoms with Gasteiger partial charge in [0.05, 0.1) is 27.5 Å². The molecule has 40 heavy (non-hydrogen) atoms. The number of para-hydroxylation sites is 2. The summed E-state index contributed by atoms with van der Waals surface area (Å²) in [5, 5.41) is 4.24. The Labute approximate surface area is 251 Å². The molecule has 0 saturated carbocycles. The van der Waals surface area contributed by atoms with E-state index in [-0.39, 0.29) is 17.6 Å². The third-order valence-electron chi connectivity index (χ3n) is 7.59. The van der Waals surface area contributed by atoms with Gasteiger partial charge < -0.3 is 5.32 Å². The van der Waals surface area contributed by atoms with Gasteiger partial charge in [-0.1, -0.05) is 93.2 Å². The number of nitrogens with zero attached hydrogens (tertiary/aromatic N) is 1.